The molecule has 0 saturated heterocycles. The van der Waals surface area contributed by atoms with Crippen molar-refractivity contribution >= 4 is 0 Å². The van der Waals surface area contributed by atoms with E-state index in [0.717, 1.165) is 0 Å². The smallest absolute Gasteiger partial charge is 0.0483 e. The summed E-state index contributed by atoms with van der Waals surface area (Å²) in [7, 11) is 0. The van der Waals surface area contributed by atoms with Gasteiger partial charge in [0, 0.05) is 11.6 Å². The minimum absolute atomic E-state index is 0. The predicted molar refractivity (Wildman–Crippen MR) is 18.0 cm³/mol. The molecule has 0 aliphatic heterocycles. The normalized spacial score (nSPS) is 7.20. The largest absolute Gasteiger partial charge is 0.394 e. The number of hydrogen-bond acceptors (Lipinski definition) is 1. The van der Waals surface area contributed by atoms with Crippen LogP contribution in [0.15, 0.2) is 0 Å². The van der Waals surface area contributed by atoms with Crippen LogP contribution in [-0.4, -0.2) is 11.2 Å². The fraction of sp³-hybridized carbons (Fsp3) is 1.00. The summed E-state index contributed by atoms with van der Waals surface area (Å²) >= 11 is 0. The molecule has 0 spiro atoms. The molecule has 0 amide bonds. The van der Waals surface area contributed by atoms with Crippen LogP contribution in [-0.2, 0) is 5.48 Å². The molecule has 0 aliphatic rings. The lowest BCUT2D eigenvalue weighted by Crippen LogP contribution is -1.85. The molecular formula is C3H8O2. The SMILES string of the molecule is CC(C)O.[O]. The van der Waals surface area contributed by atoms with Crippen molar-refractivity contribution in [3.63, 3.8) is 0 Å². The van der Waals surface area contributed by atoms with Gasteiger partial charge in [0.2, 0.25) is 0 Å². The van der Waals surface area contributed by atoms with Gasteiger partial charge >= 0.3 is 0 Å². The summed E-state index contributed by atoms with van der Waals surface area (Å²) in [5, 5.41) is 8.06. The minimum Gasteiger partial charge on any atom is -0.394 e. The van der Waals surface area contributed by atoms with Crippen molar-refractivity contribution < 1.29 is 10.6 Å². The van der Waals surface area contributed by atoms with Gasteiger partial charge in [-0.2, -0.15) is 0 Å². The average Bonchev–Trinajstić information content (AvgIpc) is 0.811. The number of hydrogen-bond donors (Lipinski definition) is 1. The van der Waals surface area contributed by atoms with Gasteiger partial charge in [0.25, 0.3) is 0 Å². The van der Waals surface area contributed by atoms with Gasteiger partial charge in [-0.25, -0.2) is 0 Å². The molecule has 1 N–H and O–H groups in total. The second kappa shape index (κ2) is 3.92. The summed E-state index contributed by atoms with van der Waals surface area (Å²) in [6.07, 6.45) is -0.167. The van der Waals surface area contributed by atoms with E-state index in [0.29, 0.717) is 0 Å². The average molecular weight is 76.1 g/mol. The van der Waals surface area contributed by atoms with Crippen molar-refractivity contribution in [1.29, 1.82) is 0 Å². The molecule has 0 bridgehead atoms. The summed E-state index contributed by atoms with van der Waals surface area (Å²) in [5.41, 5.74) is 0. The van der Waals surface area contributed by atoms with E-state index < -0.39 is 0 Å². The molecular weight excluding hydrogens is 68.0 g/mol. The topological polar surface area (TPSA) is 48.7 Å². The van der Waals surface area contributed by atoms with Gasteiger partial charge in [-0.3, -0.25) is 0 Å². The van der Waals surface area contributed by atoms with E-state index in [4.69, 9.17) is 5.11 Å². The number of aliphatic hydroxyl groups is 1. The van der Waals surface area contributed by atoms with Crippen LogP contribution in [0.3, 0.4) is 0 Å². The number of rotatable bonds is 0. The summed E-state index contributed by atoms with van der Waals surface area (Å²) in [6, 6.07) is 0. The van der Waals surface area contributed by atoms with Crippen LogP contribution in [0, 0.1) is 0 Å². The highest BCUT2D eigenvalue weighted by atomic mass is 16.3. The molecule has 2 heteroatoms. The van der Waals surface area contributed by atoms with Crippen LogP contribution < -0.4 is 0 Å². The summed E-state index contributed by atoms with van der Waals surface area (Å²) in [5.74, 6) is 0. The third-order valence-corrected chi connectivity index (χ3v) is 0. The molecule has 0 atom stereocenters. The zero-order chi connectivity index (χ0) is 3.58. The first kappa shape index (κ1) is 8.87. The highest BCUT2D eigenvalue weighted by molar-refractivity contribution is 4.20. The first-order valence-electron chi connectivity index (χ1n) is 1.41. The van der Waals surface area contributed by atoms with E-state index in [2.05, 4.69) is 0 Å². The lowest BCUT2D eigenvalue weighted by molar-refractivity contribution is 0.216. The molecule has 2 radical (unpaired) electrons. The molecule has 0 aliphatic carbocycles. The van der Waals surface area contributed by atoms with Crippen LogP contribution >= 0.6 is 0 Å². The lowest BCUT2D eigenvalue weighted by Gasteiger charge is -1.80. The first-order valence-corrected chi connectivity index (χ1v) is 1.41. The van der Waals surface area contributed by atoms with Crippen molar-refractivity contribution in [2.75, 3.05) is 0 Å². The van der Waals surface area contributed by atoms with E-state index in [1.807, 2.05) is 0 Å². The van der Waals surface area contributed by atoms with Gasteiger partial charge in [-0.15, -0.1) is 0 Å². The Morgan fingerprint density at radius 1 is 1.40 bits per heavy atom. The summed E-state index contributed by atoms with van der Waals surface area (Å²) in [6.45, 7) is 3.44. The van der Waals surface area contributed by atoms with Gasteiger partial charge in [0.15, 0.2) is 0 Å². The molecule has 0 aromatic heterocycles. The van der Waals surface area contributed by atoms with Crippen LogP contribution in [0.25, 0.3) is 0 Å². The van der Waals surface area contributed by atoms with Crippen LogP contribution in [0.2, 0.25) is 0 Å². The Labute approximate surface area is 31.7 Å². The third-order valence-electron chi connectivity index (χ3n) is 0. The Balaban J connectivity index is 0. The second-order valence-electron chi connectivity index (χ2n) is 1.09. The maximum Gasteiger partial charge on any atom is 0.0483 e. The van der Waals surface area contributed by atoms with Gasteiger partial charge < -0.3 is 5.11 Å². The first-order chi connectivity index (χ1) is 1.73. The fourth-order valence-corrected chi connectivity index (χ4v) is 0. The molecule has 0 heterocycles. The van der Waals surface area contributed by atoms with Crippen LogP contribution in [0.4, 0.5) is 0 Å². The quantitative estimate of drug-likeness (QED) is 0.442. The monoisotopic (exact) mass is 76.1 g/mol. The van der Waals surface area contributed by atoms with E-state index >= 15 is 0 Å². The third kappa shape index (κ3) is 2260. The zero-order valence-corrected chi connectivity index (χ0v) is 3.43. The summed E-state index contributed by atoms with van der Waals surface area (Å²) in [4.78, 5) is 0. The second-order valence-corrected chi connectivity index (χ2v) is 1.09. The van der Waals surface area contributed by atoms with E-state index in [1.54, 1.807) is 13.8 Å². The lowest BCUT2D eigenvalue weighted by atomic mass is 10.5. The standard InChI is InChI=1S/C3H8O.O/c1-3(2)4;/h3-4H,1-2H3;. The van der Waals surface area contributed by atoms with Gasteiger partial charge in [0.1, 0.15) is 0 Å². The molecule has 0 rings (SSSR count). The maximum absolute atomic E-state index is 8.06. The molecule has 0 aromatic rings. The van der Waals surface area contributed by atoms with Crippen LogP contribution in [0.5, 0.6) is 0 Å². The van der Waals surface area contributed by atoms with Gasteiger partial charge in [-0.05, 0) is 13.8 Å². The van der Waals surface area contributed by atoms with Crippen molar-refractivity contribution in [3.8, 4) is 0 Å². The predicted octanol–water partition coefficient (Wildman–Crippen LogP) is 0.268. The Kier molecular flexibility index (Phi) is 6.95. The molecule has 5 heavy (non-hydrogen) atoms. The van der Waals surface area contributed by atoms with E-state index in [-0.39, 0.29) is 11.6 Å². The van der Waals surface area contributed by atoms with Crippen molar-refractivity contribution in [2.24, 2.45) is 0 Å². The van der Waals surface area contributed by atoms with Gasteiger partial charge in [-0.1, -0.05) is 0 Å². The zero-order valence-electron chi connectivity index (χ0n) is 3.43. The van der Waals surface area contributed by atoms with Crippen LogP contribution in [0.1, 0.15) is 13.8 Å². The maximum atomic E-state index is 8.06. The van der Waals surface area contributed by atoms with Crippen molar-refractivity contribution in [1.82, 2.24) is 0 Å². The van der Waals surface area contributed by atoms with E-state index in [1.165, 1.54) is 0 Å². The molecule has 0 aromatic carbocycles. The molecule has 2 nitrogen and oxygen atoms in total. The Morgan fingerprint density at radius 3 is 1.40 bits per heavy atom. The highest BCUT2D eigenvalue weighted by Gasteiger charge is 1.69. The Hall–Kier alpha value is -0.0800. The fourth-order valence-electron chi connectivity index (χ4n) is 0. The highest BCUT2D eigenvalue weighted by Crippen LogP contribution is 1.65. The molecule has 32 valence electrons. The van der Waals surface area contributed by atoms with Gasteiger partial charge in [0.05, 0.1) is 0 Å². The Bertz CT molecular complexity index is 9.61. The van der Waals surface area contributed by atoms with E-state index in [9.17, 15) is 0 Å². The van der Waals surface area contributed by atoms with Crippen molar-refractivity contribution in [3.05, 3.63) is 0 Å². The molecule has 0 fully saturated rings. The van der Waals surface area contributed by atoms with Crippen molar-refractivity contribution in [2.45, 2.75) is 20.0 Å². The Morgan fingerprint density at radius 2 is 1.40 bits per heavy atom. The summed E-state index contributed by atoms with van der Waals surface area (Å²) < 4.78 is 0. The minimum atomic E-state index is -0.167. The number of aliphatic hydroxyl groups excluding tert-OH is 1. The molecule has 0 unspecified atom stereocenters. The molecule has 0 saturated carbocycles.